The van der Waals surface area contributed by atoms with Crippen LogP contribution in [0.25, 0.3) is 0 Å². The van der Waals surface area contributed by atoms with Crippen LogP contribution in [0.3, 0.4) is 0 Å². The molecule has 0 aliphatic heterocycles. The maximum absolute atomic E-state index is 5.98. The SMILES string of the molecule is CC1CCC(C2CCC(N)CC2)CC1C. The third-order valence-electron chi connectivity index (χ3n) is 5.12. The second-order valence-electron chi connectivity index (χ2n) is 6.20. The number of hydrogen-bond donors (Lipinski definition) is 1. The molecule has 2 saturated carbocycles. The lowest BCUT2D eigenvalue weighted by atomic mass is 9.67. The molecule has 3 atom stereocenters. The fraction of sp³-hybridized carbons (Fsp3) is 1.00. The van der Waals surface area contributed by atoms with E-state index in [1.54, 1.807) is 0 Å². The quantitative estimate of drug-likeness (QED) is 0.702. The van der Waals surface area contributed by atoms with Crippen LogP contribution in [0.2, 0.25) is 0 Å². The largest absolute Gasteiger partial charge is 0.328 e. The van der Waals surface area contributed by atoms with Gasteiger partial charge in [0.2, 0.25) is 0 Å². The molecule has 0 radical (unpaired) electrons. The van der Waals surface area contributed by atoms with Gasteiger partial charge in [-0.2, -0.15) is 0 Å². The summed E-state index contributed by atoms with van der Waals surface area (Å²) in [4.78, 5) is 0. The van der Waals surface area contributed by atoms with Crippen molar-refractivity contribution in [2.75, 3.05) is 0 Å². The number of rotatable bonds is 1. The molecular weight excluding hydrogens is 182 g/mol. The Labute approximate surface area is 94.8 Å². The predicted molar refractivity (Wildman–Crippen MR) is 65.6 cm³/mol. The predicted octanol–water partition coefficient (Wildman–Crippen LogP) is 3.58. The summed E-state index contributed by atoms with van der Waals surface area (Å²) in [5.74, 6) is 3.97. The molecule has 0 amide bonds. The Bertz CT molecular complexity index is 194. The Morgan fingerprint density at radius 3 is 1.93 bits per heavy atom. The van der Waals surface area contributed by atoms with Gasteiger partial charge in [0.25, 0.3) is 0 Å². The molecule has 0 heterocycles. The van der Waals surface area contributed by atoms with Crippen molar-refractivity contribution in [2.24, 2.45) is 29.4 Å². The maximum atomic E-state index is 5.98. The van der Waals surface area contributed by atoms with Gasteiger partial charge in [0.15, 0.2) is 0 Å². The standard InChI is InChI=1S/C14H27N/c1-10-3-4-13(9-11(10)2)12-5-7-14(15)8-6-12/h10-14H,3-9,15H2,1-2H3. The van der Waals surface area contributed by atoms with Gasteiger partial charge in [-0.1, -0.05) is 20.3 Å². The summed E-state index contributed by atoms with van der Waals surface area (Å²) in [6, 6.07) is 0.515. The maximum Gasteiger partial charge on any atom is 0.00390 e. The first-order chi connectivity index (χ1) is 7.16. The van der Waals surface area contributed by atoms with Gasteiger partial charge < -0.3 is 5.73 Å². The Kier molecular flexibility index (Phi) is 3.71. The summed E-state index contributed by atoms with van der Waals surface area (Å²) in [5.41, 5.74) is 5.98. The zero-order valence-corrected chi connectivity index (χ0v) is 10.4. The summed E-state index contributed by atoms with van der Waals surface area (Å²) < 4.78 is 0. The Morgan fingerprint density at radius 2 is 1.33 bits per heavy atom. The van der Waals surface area contributed by atoms with Crippen LogP contribution in [0.1, 0.15) is 58.8 Å². The second-order valence-corrected chi connectivity index (χ2v) is 6.20. The van der Waals surface area contributed by atoms with Gasteiger partial charge in [0.05, 0.1) is 0 Å². The smallest absolute Gasteiger partial charge is 0.00390 e. The van der Waals surface area contributed by atoms with Crippen LogP contribution in [0, 0.1) is 23.7 Å². The van der Waals surface area contributed by atoms with E-state index in [4.69, 9.17) is 5.73 Å². The average Bonchev–Trinajstić information content (AvgIpc) is 2.23. The minimum atomic E-state index is 0.515. The van der Waals surface area contributed by atoms with Gasteiger partial charge in [-0.25, -0.2) is 0 Å². The molecule has 0 bridgehead atoms. The van der Waals surface area contributed by atoms with E-state index in [9.17, 15) is 0 Å². The molecule has 2 rings (SSSR count). The van der Waals surface area contributed by atoms with E-state index in [2.05, 4.69) is 13.8 Å². The normalized spacial score (nSPS) is 47.8. The van der Waals surface area contributed by atoms with Gasteiger partial charge in [-0.05, 0) is 62.2 Å². The third-order valence-corrected chi connectivity index (χ3v) is 5.12. The van der Waals surface area contributed by atoms with E-state index in [0.29, 0.717) is 6.04 Å². The van der Waals surface area contributed by atoms with Crippen LogP contribution in [-0.4, -0.2) is 6.04 Å². The topological polar surface area (TPSA) is 26.0 Å². The highest BCUT2D eigenvalue weighted by Gasteiger charge is 2.31. The highest BCUT2D eigenvalue weighted by molar-refractivity contribution is 4.84. The van der Waals surface area contributed by atoms with Crippen molar-refractivity contribution < 1.29 is 0 Å². The molecule has 1 heteroatoms. The fourth-order valence-corrected chi connectivity index (χ4v) is 3.63. The molecular formula is C14H27N. The fourth-order valence-electron chi connectivity index (χ4n) is 3.63. The molecule has 0 aromatic heterocycles. The first-order valence-electron chi connectivity index (χ1n) is 6.92. The molecule has 0 aromatic rings. The Hall–Kier alpha value is -0.0400. The first kappa shape index (κ1) is 11.4. The molecule has 0 spiro atoms. The summed E-state index contributed by atoms with van der Waals surface area (Å²) in [7, 11) is 0. The molecule has 2 N–H and O–H groups in total. The number of nitrogens with two attached hydrogens (primary N) is 1. The number of hydrogen-bond acceptors (Lipinski definition) is 1. The zero-order valence-electron chi connectivity index (χ0n) is 10.4. The average molecular weight is 209 g/mol. The van der Waals surface area contributed by atoms with Gasteiger partial charge in [-0.3, -0.25) is 0 Å². The molecule has 0 saturated heterocycles. The molecule has 15 heavy (non-hydrogen) atoms. The lowest BCUT2D eigenvalue weighted by molar-refractivity contribution is 0.127. The first-order valence-corrected chi connectivity index (χ1v) is 6.92. The lowest BCUT2D eigenvalue weighted by Gasteiger charge is -2.39. The van der Waals surface area contributed by atoms with E-state index >= 15 is 0 Å². The summed E-state index contributed by atoms with van der Waals surface area (Å²) >= 11 is 0. The van der Waals surface area contributed by atoms with E-state index < -0.39 is 0 Å². The molecule has 2 aliphatic rings. The van der Waals surface area contributed by atoms with Crippen molar-refractivity contribution in [2.45, 2.75) is 64.8 Å². The van der Waals surface area contributed by atoms with E-state index in [-0.39, 0.29) is 0 Å². The molecule has 88 valence electrons. The molecule has 0 aromatic carbocycles. The van der Waals surface area contributed by atoms with Crippen LogP contribution in [0.15, 0.2) is 0 Å². The highest BCUT2D eigenvalue weighted by atomic mass is 14.6. The van der Waals surface area contributed by atoms with Crippen molar-refractivity contribution in [3.8, 4) is 0 Å². The zero-order chi connectivity index (χ0) is 10.8. The summed E-state index contributed by atoms with van der Waals surface area (Å²) in [5, 5.41) is 0. The second kappa shape index (κ2) is 4.86. The van der Waals surface area contributed by atoms with Crippen LogP contribution >= 0.6 is 0 Å². The monoisotopic (exact) mass is 209 g/mol. The van der Waals surface area contributed by atoms with Gasteiger partial charge in [0.1, 0.15) is 0 Å². The van der Waals surface area contributed by atoms with Crippen molar-refractivity contribution in [3.05, 3.63) is 0 Å². The highest BCUT2D eigenvalue weighted by Crippen LogP contribution is 2.41. The van der Waals surface area contributed by atoms with Crippen molar-refractivity contribution >= 4 is 0 Å². The minimum absolute atomic E-state index is 0.515. The summed E-state index contributed by atoms with van der Waals surface area (Å²) in [6.07, 6.45) is 9.83. The van der Waals surface area contributed by atoms with Crippen LogP contribution in [0.5, 0.6) is 0 Å². The van der Waals surface area contributed by atoms with Crippen molar-refractivity contribution in [1.82, 2.24) is 0 Å². The van der Waals surface area contributed by atoms with Crippen LogP contribution in [0.4, 0.5) is 0 Å². The molecule has 1 nitrogen and oxygen atoms in total. The Morgan fingerprint density at radius 1 is 0.733 bits per heavy atom. The van der Waals surface area contributed by atoms with E-state index in [1.807, 2.05) is 0 Å². The van der Waals surface area contributed by atoms with Gasteiger partial charge >= 0.3 is 0 Å². The van der Waals surface area contributed by atoms with Crippen LogP contribution in [-0.2, 0) is 0 Å². The van der Waals surface area contributed by atoms with E-state index in [1.165, 1.54) is 44.9 Å². The van der Waals surface area contributed by atoms with Crippen molar-refractivity contribution in [3.63, 3.8) is 0 Å². The minimum Gasteiger partial charge on any atom is -0.328 e. The molecule has 2 fully saturated rings. The summed E-state index contributed by atoms with van der Waals surface area (Å²) in [6.45, 7) is 4.88. The Balaban J connectivity index is 1.84. The van der Waals surface area contributed by atoms with E-state index in [0.717, 1.165) is 23.7 Å². The molecule has 3 unspecified atom stereocenters. The molecule has 2 aliphatic carbocycles. The lowest BCUT2D eigenvalue weighted by Crippen LogP contribution is -2.32. The van der Waals surface area contributed by atoms with Crippen molar-refractivity contribution in [1.29, 1.82) is 0 Å². The third kappa shape index (κ3) is 2.75. The van der Waals surface area contributed by atoms with Crippen LogP contribution < -0.4 is 5.73 Å². The van der Waals surface area contributed by atoms with Gasteiger partial charge in [-0.15, -0.1) is 0 Å². The van der Waals surface area contributed by atoms with Gasteiger partial charge in [0, 0.05) is 6.04 Å².